The molecule has 0 bridgehead atoms. The van der Waals surface area contributed by atoms with Crippen LogP contribution >= 0.6 is 11.3 Å². The van der Waals surface area contributed by atoms with Gasteiger partial charge in [-0.3, -0.25) is 14.6 Å². The van der Waals surface area contributed by atoms with Gasteiger partial charge in [0.2, 0.25) is 0 Å². The second kappa shape index (κ2) is 6.15. The van der Waals surface area contributed by atoms with Gasteiger partial charge in [0.15, 0.2) is 5.69 Å². The molecule has 22 heavy (non-hydrogen) atoms. The van der Waals surface area contributed by atoms with Crippen LogP contribution in [0.3, 0.4) is 0 Å². The third-order valence-corrected chi connectivity index (χ3v) is 4.44. The third-order valence-electron chi connectivity index (χ3n) is 3.54. The van der Waals surface area contributed by atoms with Crippen molar-refractivity contribution in [1.29, 1.82) is 0 Å². The Kier molecular flexibility index (Phi) is 4.06. The van der Waals surface area contributed by atoms with Crippen LogP contribution in [0.15, 0.2) is 29.8 Å². The summed E-state index contributed by atoms with van der Waals surface area (Å²) in [6.07, 6.45) is 1.79. The Morgan fingerprint density at radius 2 is 2.36 bits per heavy atom. The monoisotopic (exact) mass is 315 g/mol. The summed E-state index contributed by atoms with van der Waals surface area (Å²) in [4.78, 5) is 13.2. The molecule has 0 saturated carbocycles. The van der Waals surface area contributed by atoms with Crippen molar-refractivity contribution in [3.63, 3.8) is 0 Å². The molecule has 3 rings (SSSR count). The van der Waals surface area contributed by atoms with Crippen molar-refractivity contribution in [3.8, 4) is 10.6 Å². The molecule has 0 spiro atoms. The maximum absolute atomic E-state index is 12.2. The molecule has 0 aliphatic rings. The minimum Gasteiger partial charge on any atom is -0.346 e. The highest BCUT2D eigenvalue weighted by atomic mass is 32.1. The van der Waals surface area contributed by atoms with Crippen LogP contribution in [-0.2, 0) is 13.1 Å². The number of carbonyl (C=O) groups is 1. The van der Waals surface area contributed by atoms with Crippen LogP contribution in [0.2, 0.25) is 0 Å². The summed E-state index contributed by atoms with van der Waals surface area (Å²) >= 11 is 1.60. The fraction of sp³-hybridized carbons (Fsp3) is 0.267. The summed E-state index contributed by atoms with van der Waals surface area (Å²) in [6.45, 7) is 5.31. The molecule has 0 atom stereocenters. The Morgan fingerprint density at radius 1 is 1.50 bits per heavy atom. The van der Waals surface area contributed by atoms with Crippen molar-refractivity contribution in [2.24, 2.45) is 0 Å². The molecule has 0 radical (unpaired) electrons. The van der Waals surface area contributed by atoms with E-state index in [-0.39, 0.29) is 5.91 Å². The molecular weight excluding hydrogens is 298 g/mol. The number of aromatic nitrogens is 4. The maximum Gasteiger partial charge on any atom is 0.272 e. The lowest BCUT2D eigenvalue weighted by Crippen LogP contribution is -2.23. The number of hydrogen-bond acceptors (Lipinski definition) is 4. The number of H-pyrrole nitrogens is 1. The molecule has 114 valence electrons. The van der Waals surface area contributed by atoms with E-state index < -0.39 is 0 Å². The Bertz CT molecular complexity index is 772. The second-order valence-corrected chi connectivity index (χ2v) is 5.85. The molecule has 0 fully saturated rings. The Balaban J connectivity index is 1.66. The zero-order valence-corrected chi connectivity index (χ0v) is 13.3. The SMILES string of the molecule is CCn1ncc(CNC(=O)c2cc(-c3cccs3)[nH]n2)c1C. The Hall–Kier alpha value is -2.41. The van der Waals surface area contributed by atoms with Crippen molar-refractivity contribution in [3.05, 3.63) is 46.7 Å². The van der Waals surface area contributed by atoms with Crippen molar-refractivity contribution >= 4 is 17.2 Å². The zero-order chi connectivity index (χ0) is 15.5. The molecule has 6 nitrogen and oxygen atoms in total. The van der Waals surface area contributed by atoms with Gasteiger partial charge in [0.25, 0.3) is 5.91 Å². The summed E-state index contributed by atoms with van der Waals surface area (Å²) < 4.78 is 1.91. The summed E-state index contributed by atoms with van der Waals surface area (Å²) in [5.74, 6) is -0.192. The number of aryl methyl sites for hydroxylation is 1. The van der Waals surface area contributed by atoms with Crippen molar-refractivity contribution in [1.82, 2.24) is 25.3 Å². The highest BCUT2D eigenvalue weighted by Crippen LogP contribution is 2.22. The number of thiophene rings is 1. The average Bonchev–Trinajstić information content (AvgIpc) is 3.25. The third kappa shape index (κ3) is 2.80. The van der Waals surface area contributed by atoms with Gasteiger partial charge >= 0.3 is 0 Å². The van der Waals surface area contributed by atoms with Gasteiger partial charge in [-0.05, 0) is 31.4 Å². The maximum atomic E-state index is 12.2. The Morgan fingerprint density at radius 3 is 3.05 bits per heavy atom. The van der Waals surface area contributed by atoms with Gasteiger partial charge in [0, 0.05) is 24.3 Å². The summed E-state index contributed by atoms with van der Waals surface area (Å²) in [7, 11) is 0. The number of rotatable bonds is 5. The predicted molar refractivity (Wildman–Crippen MR) is 85.7 cm³/mol. The van der Waals surface area contributed by atoms with E-state index in [4.69, 9.17) is 0 Å². The first-order valence-corrected chi connectivity index (χ1v) is 7.95. The van der Waals surface area contributed by atoms with Gasteiger partial charge in [0.1, 0.15) is 0 Å². The Labute approximate surface area is 132 Å². The largest absolute Gasteiger partial charge is 0.346 e. The van der Waals surface area contributed by atoms with Crippen LogP contribution in [0.5, 0.6) is 0 Å². The molecule has 7 heteroatoms. The number of nitrogens with zero attached hydrogens (tertiary/aromatic N) is 3. The number of nitrogens with one attached hydrogen (secondary N) is 2. The van der Waals surface area contributed by atoms with Crippen LogP contribution in [0, 0.1) is 6.92 Å². The lowest BCUT2D eigenvalue weighted by Gasteiger charge is -2.03. The molecule has 0 aliphatic carbocycles. The fourth-order valence-electron chi connectivity index (χ4n) is 2.24. The van der Waals surface area contributed by atoms with Gasteiger partial charge in [-0.15, -0.1) is 11.3 Å². The van der Waals surface area contributed by atoms with E-state index >= 15 is 0 Å². The van der Waals surface area contributed by atoms with Gasteiger partial charge in [-0.1, -0.05) is 6.07 Å². The lowest BCUT2D eigenvalue weighted by atomic mass is 10.2. The van der Waals surface area contributed by atoms with Gasteiger partial charge in [-0.2, -0.15) is 10.2 Å². The van der Waals surface area contributed by atoms with Crippen LogP contribution in [-0.4, -0.2) is 25.9 Å². The van der Waals surface area contributed by atoms with Crippen LogP contribution in [0.1, 0.15) is 28.7 Å². The van der Waals surface area contributed by atoms with E-state index in [0.717, 1.165) is 28.4 Å². The summed E-state index contributed by atoms with van der Waals surface area (Å²) in [6, 6.07) is 5.72. The second-order valence-electron chi connectivity index (χ2n) is 4.90. The van der Waals surface area contributed by atoms with E-state index in [1.54, 1.807) is 23.6 Å². The summed E-state index contributed by atoms with van der Waals surface area (Å²) in [5.41, 5.74) is 3.34. The molecule has 3 aromatic rings. The van der Waals surface area contributed by atoms with Crippen LogP contribution in [0.25, 0.3) is 10.6 Å². The first-order valence-electron chi connectivity index (χ1n) is 7.07. The minimum atomic E-state index is -0.192. The molecule has 0 unspecified atom stereocenters. The van der Waals surface area contributed by atoms with Crippen LogP contribution < -0.4 is 5.32 Å². The molecule has 2 N–H and O–H groups in total. The van der Waals surface area contributed by atoms with E-state index in [2.05, 4.69) is 20.6 Å². The highest BCUT2D eigenvalue weighted by Gasteiger charge is 2.13. The first-order chi connectivity index (χ1) is 10.7. The number of amides is 1. The predicted octanol–water partition coefficient (Wildman–Crippen LogP) is 2.59. The number of carbonyl (C=O) groups excluding carboxylic acids is 1. The van der Waals surface area contributed by atoms with Crippen molar-refractivity contribution < 1.29 is 4.79 Å². The smallest absolute Gasteiger partial charge is 0.272 e. The van der Waals surface area contributed by atoms with Crippen LogP contribution in [0.4, 0.5) is 0 Å². The molecule has 3 aromatic heterocycles. The molecule has 3 heterocycles. The van der Waals surface area contributed by atoms with E-state index in [0.29, 0.717) is 12.2 Å². The van der Waals surface area contributed by atoms with Crippen molar-refractivity contribution in [2.75, 3.05) is 0 Å². The fourth-order valence-corrected chi connectivity index (χ4v) is 2.93. The normalized spacial score (nSPS) is 10.8. The highest BCUT2D eigenvalue weighted by molar-refractivity contribution is 7.13. The summed E-state index contributed by atoms with van der Waals surface area (Å²) in [5, 5.41) is 16.1. The molecular formula is C15H17N5OS. The zero-order valence-electron chi connectivity index (χ0n) is 12.5. The van der Waals surface area contributed by atoms with Gasteiger partial charge < -0.3 is 5.32 Å². The van der Waals surface area contributed by atoms with Gasteiger partial charge in [-0.25, -0.2) is 0 Å². The minimum absolute atomic E-state index is 0.192. The van der Waals surface area contributed by atoms with Gasteiger partial charge in [0.05, 0.1) is 16.8 Å². The molecule has 0 aliphatic heterocycles. The lowest BCUT2D eigenvalue weighted by molar-refractivity contribution is 0.0946. The molecule has 0 aromatic carbocycles. The molecule has 1 amide bonds. The molecule has 0 saturated heterocycles. The van der Waals surface area contributed by atoms with E-state index in [1.165, 1.54) is 0 Å². The van der Waals surface area contributed by atoms with E-state index in [1.807, 2.05) is 36.0 Å². The average molecular weight is 315 g/mol. The standard InChI is InChI=1S/C15H17N5OS/c1-3-20-10(2)11(9-17-20)8-16-15(21)13-7-12(18-19-13)14-5-4-6-22-14/h4-7,9H,3,8H2,1-2H3,(H,16,21)(H,18,19). The van der Waals surface area contributed by atoms with Crippen molar-refractivity contribution in [2.45, 2.75) is 26.9 Å². The number of aromatic amines is 1. The quantitative estimate of drug-likeness (QED) is 0.760. The van der Waals surface area contributed by atoms with E-state index in [9.17, 15) is 4.79 Å². The first kappa shape index (κ1) is 14.5. The topological polar surface area (TPSA) is 75.6 Å². The number of hydrogen-bond donors (Lipinski definition) is 2.